The van der Waals surface area contributed by atoms with Gasteiger partial charge in [-0.15, -0.1) is 0 Å². The van der Waals surface area contributed by atoms with Gasteiger partial charge in [-0.1, -0.05) is 13.8 Å². The van der Waals surface area contributed by atoms with Crippen LogP contribution < -0.4 is 4.74 Å². The normalized spacial score (nSPS) is 28.7. The van der Waals surface area contributed by atoms with E-state index in [1.807, 2.05) is 7.05 Å². The number of carbonyl (C=O) groups is 1. The van der Waals surface area contributed by atoms with Gasteiger partial charge in [0.05, 0.1) is 10.6 Å². The maximum Gasteiger partial charge on any atom is 0.263 e. The van der Waals surface area contributed by atoms with Gasteiger partial charge in [-0.25, -0.2) is 4.39 Å². The third-order valence-corrected chi connectivity index (χ3v) is 5.97. The topological polar surface area (TPSA) is 38.8 Å². The highest BCUT2D eigenvalue weighted by Crippen LogP contribution is 2.54. The van der Waals surface area contributed by atoms with Crippen LogP contribution in [0.1, 0.15) is 27.2 Å². The predicted octanol–water partition coefficient (Wildman–Crippen LogP) is 3.63. The van der Waals surface area contributed by atoms with Crippen LogP contribution in [0.2, 0.25) is 0 Å². The summed E-state index contributed by atoms with van der Waals surface area (Å²) in [6.45, 7) is 6.79. The SMILES string of the molecule is C[C@H](Oc1ccc(F)cc1Br)C(=O)N(C)[C@@H]1[C@@H]2CCO[C@@H]2C1(C)C. The number of hydrogen-bond donors (Lipinski definition) is 0. The molecule has 1 saturated carbocycles. The summed E-state index contributed by atoms with van der Waals surface area (Å²) in [4.78, 5) is 14.6. The number of amides is 1. The van der Waals surface area contributed by atoms with Gasteiger partial charge in [0.2, 0.25) is 0 Å². The summed E-state index contributed by atoms with van der Waals surface area (Å²) >= 11 is 3.26. The van der Waals surface area contributed by atoms with E-state index in [0.717, 1.165) is 13.0 Å². The van der Waals surface area contributed by atoms with Crippen molar-refractivity contribution in [1.29, 1.82) is 0 Å². The van der Waals surface area contributed by atoms with E-state index in [-0.39, 0.29) is 29.3 Å². The Kier molecular flexibility index (Phi) is 4.64. The largest absolute Gasteiger partial charge is 0.480 e. The van der Waals surface area contributed by atoms with Crippen molar-refractivity contribution in [3.63, 3.8) is 0 Å². The highest BCUT2D eigenvalue weighted by Gasteiger charge is 2.61. The molecule has 1 saturated heterocycles. The molecule has 0 spiro atoms. The van der Waals surface area contributed by atoms with Gasteiger partial charge >= 0.3 is 0 Å². The van der Waals surface area contributed by atoms with Crippen molar-refractivity contribution in [3.8, 4) is 5.75 Å². The van der Waals surface area contributed by atoms with E-state index in [4.69, 9.17) is 9.47 Å². The van der Waals surface area contributed by atoms with Crippen LogP contribution in [0.15, 0.2) is 22.7 Å². The van der Waals surface area contributed by atoms with E-state index in [0.29, 0.717) is 16.1 Å². The third-order valence-electron chi connectivity index (χ3n) is 5.35. The summed E-state index contributed by atoms with van der Waals surface area (Å²) in [6, 6.07) is 4.32. The van der Waals surface area contributed by atoms with Gasteiger partial charge in [0.15, 0.2) is 6.10 Å². The first kappa shape index (κ1) is 17.7. The van der Waals surface area contributed by atoms with Gasteiger partial charge in [-0.05, 0) is 47.5 Å². The maximum absolute atomic E-state index is 13.2. The van der Waals surface area contributed by atoms with Crippen LogP contribution in [-0.4, -0.2) is 42.7 Å². The Hall–Kier alpha value is -1.14. The molecule has 2 aliphatic rings. The summed E-state index contributed by atoms with van der Waals surface area (Å²) < 4.78 is 25.2. The fraction of sp³-hybridized carbons (Fsp3) is 0.611. The number of rotatable bonds is 4. The first-order chi connectivity index (χ1) is 11.2. The molecule has 1 heterocycles. The molecule has 132 valence electrons. The number of ether oxygens (including phenoxy) is 2. The van der Waals surface area contributed by atoms with Crippen molar-refractivity contribution in [2.24, 2.45) is 11.3 Å². The summed E-state index contributed by atoms with van der Waals surface area (Å²) in [5.74, 6) is 0.433. The average molecular weight is 400 g/mol. The van der Waals surface area contributed by atoms with Crippen molar-refractivity contribution in [1.82, 2.24) is 4.90 Å². The van der Waals surface area contributed by atoms with Crippen LogP contribution in [0.25, 0.3) is 0 Å². The Bertz CT molecular complexity index is 651. The lowest BCUT2D eigenvalue weighted by Gasteiger charge is -2.57. The van der Waals surface area contributed by atoms with Crippen molar-refractivity contribution in [3.05, 3.63) is 28.5 Å². The van der Waals surface area contributed by atoms with Crippen LogP contribution >= 0.6 is 15.9 Å². The molecule has 2 fully saturated rings. The molecule has 1 aromatic rings. The number of fused-ring (bicyclic) bond motifs is 1. The lowest BCUT2D eigenvalue weighted by Crippen LogP contribution is -2.67. The van der Waals surface area contributed by atoms with Crippen LogP contribution in [0.3, 0.4) is 0 Å². The molecule has 4 atom stereocenters. The van der Waals surface area contributed by atoms with Crippen LogP contribution in [0.5, 0.6) is 5.75 Å². The number of carbonyl (C=O) groups excluding carboxylic acids is 1. The number of nitrogens with zero attached hydrogens (tertiary/aromatic N) is 1. The van der Waals surface area contributed by atoms with Crippen molar-refractivity contribution in [2.75, 3.05) is 13.7 Å². The summed E-state index contributed by atoms with van der Waals surface area (Å²) in [7, 11) is 1.84. The van der Waals surface area contributed by atoms with Gasteiger partial charge in [0.25, 0.3) is 5.91 Å². The molecular formula is C18H23BrFNO3. The zero-order chi connectivity index (χ0) is 17.6. The van der Waals surface area contributed by atoms with Crippen molar-refractivity contribution in [2.45, 2.75) is 45.4 Å². The molecule has 1 aliphatic carbocycles. The van der Waals surface area contributed by atoms with E-state index < -0.39 is 6.10 Å². The van der Waals surface area contributed by atoms with Crippen LogP contribution in [0.4, 0.5) is 4.39 Å². The average Bonchev–Trinajstić information content (AvgIpc) is 2.95. The highest BCUT2D eigenvalue weighted by atomic mass is 79.9. The lowest BCUT2D eigenvalue weighted by atomic mass is 9.56. The predicted molar refractivity (Wildman–Crippen MR) is 92.4 cm³/mol. The number of likely N-dealkylation sites (N-methyl/N-ethyl adjacent to an activating group) is 1. The molecule has 6 heteroatoms. The molecule has 1 aliphatic heterocycles. The minimum absolute atomic E-state index is 0.0538. The van der Waals surface area contributed by atoms with Crippen molar-refractivity contribution >= 4 is 21.8 Å². The first-order valence-corrected chi connectivity index (χ1v) is 9.02. The molecule has 4 nitrogen and oxygen atoms in total. The Labute approximate surface area is 150 Å². The molecule has 3 rings (SSSR count). The first-order valence-electron chi connectivity index (χ1n) is 8.23. The van der Waals surface area contributed by atoms with E-state index in [2.05, 4.69) is 29.8 Å². The smallest absolute Gasteiger partial charge is 0.263 e. The quantitative estimate of drug-likeness (QED) is 0.775. The van der Waals surface area contributed by atoms with Gasteiger partial charge in [0, 0.05) is 31.0 Å². The molecular weight excluding hydrogens is 377 g/mol. The zero-order valence-corrected chi connectivity index (χ0v) is 16.0. The lowest BCUT2D eigenvalue weighted by molar-refractivity contribution is -0.171. The zero-order valence-electron chi connectivity index (χ0n) is 14.4. The Morgan fingerprint density at radius 3 is 2.88 bits per heavy atom. The van der Waals surface area contributed by atoms with Crippen molar-refractivity contribution < 1.29 is 18.7 Å². The molecule has 1 amide bonds. The van der Waals surface area contributed by atoms with E-state index >= 15 is 0 Å². The van der Waals surface area contributed by atoms with Gasteiger partial charge < -0.3 is 14.4 Å². The number of benzene rings is 1. The second kappa shape index (κ2) is 6.30. The summed E-state index contributed by atoms with van der Waals surface area (Å²) in [5.41, 5.74) is -0.0538. The Morgan fingerprint density at radius 1 is 1.50 bits per heavy atom. The molecule has 0 aromatic heterocycles. The molecule has 0 unspecified atom stereocenters. The van der Waals surface area contributed by atoms with Gasteiger partial charge in [-0.3, -0.25) is 4.79 Å². The standard InChI is InChI=1S/C18H23BrFNO3/c1-10(24-14-6-5-11(20)9-13(14)19)17(22)21(4)15-12-7-8-23-16(12)18(15,2)3/h5-6,9-10,12,15-16H,7-8H2,1-4H3/t10-,12-,15+,16-/m0/s1. The second-order valence-electron chi connectivity index (χ2n) is 7.29. The fourth-order valence-corrected chi connectivity index (χ4v) is 4.76. The molecule has 0 N–H and O–H groups in total. The minimum Gasteiger partial charge on any atom is -0.480 e. The fourth-order valence-electron chi connectivity index (χ4n) is 4.32. The van der Waals surface area contributed by atoms with Gasteiger partial charge in [-0.2, -0.15) is 0 Å². The molecule has 0 bridgehead atoms. The number of halogens is 2. The molecule has 0 radical (unpaired) electrons. The Balaban J connectivity index is 1.69. The van der Waals surface area contributed by atoms with Gasteiger partial charge in [0.1, 0.15) is 11.6 Å². The number of hydrogen-bond acceptors (Lipinski definition) is 3. The highest BCUT2D eigenvalue weighted by molar-refractivity contribution is 9.10. The van der Waals surface area contributed by atoms with E-state index in [1.165, 1.54) is 18.2 Å². The second-order valence-corrected chi connectivity index (χ2v) is 8.15. The van der Waals surface area contributed by atoms with Crippen LogP contribution in [-0.2, 0) is 9.53 Å². The summed E-state index contributed by atoms with van der Waals surface area (Å²) in [6.07, 6.45) is 0.587. The van der Waals surface area contributed by atoms with Crippen LogP contribution in [0, 0.1) is 17.2 Å². The monoisotopic (exact) mass is 399 g/mol. The third kappa shape index (κ3) is 2.84. The molecule has 24 heavy (non-hydrogen) atoms. The van der Waals surface area contributed by atoms with E-state index in [1.54, 1.807) is 11.8 Å². The minimum atomic E-state index is -0.645. The maximum atomic E-state index is 13.2. The molecule has 1 aromatic carbocycles. The summed E-state index contributed by atoms with van der Waals surface area (Å²) in [5, 5.41) is 0. The van der Waals surface area contributed by atoms with E-state index in [9.17, 15) is 9.18 Å². The Morgan fingerprint density at radius 2 is 2.21 bits per heavy atom.